The van der Waals surface area contributed by atoms with E-state index in [9.17, 15) is 23.2 Å². The third-order valence-corrected chi connectivity index (χ3v) is 5.82. The maximum Gasteiger partial charge on any atom is 0.416 e. The maximum atomic E-state index is 13.6. The second-order valence-corrected chi connectivity index (χ2v) is 8.41. The lowest BCUT2D eigenvalue weighted by atomic mass is 9.97. The van der Waals surface area contributed by atoms with Crippen LogP contribution in [0.3, 0.4) is 0 Å². The van der Waals surface area contributed by atoms with Crippen LogP contribution in [0.2, 0.25) is 5.15 Å². The molecule has 0 saturated carbocycles. The van der Waals surface area contributed by atoms with Crippen molar-refractivity contribution in [2.45, 2.75) is 12.7 Å². The molecule has 2 heterocycles. The summed E-state index contributed by atoms with van der Waals surface area (Å²) in [6.45, 7) is -0.245. The van der Waals surface area contributed by atoms with Crippen LogP contribution in [0.15, 0.2) is 54.9 Å². The highest BCUT2D eigenvalue weighted by Crippen LogP contribution is 2.36. The summed E-state index contributed by atoms with van der Waals surface area (Å²) in [6.07, 6.45) is -2.70. The van der Waals surface area contributed by atoms with E-state index in [0.29, 0.717) is 34.4 Å². The molecular formula is C25H18ClF3N6O. The summed E-state index contributed by atoms with van der Waals surface area (Å²) in [7, 11) is 3.33. The van der Waals surface area contributed by atoms with Crippen molar-refractivity contribution in [2.75, 3.05) is 11.9 Å². The van der Waals surface area contributed by atoms with Crippen molar-refractivity contribution < 1.29 is 18.0 Å². The Balaban J connectivity index is 1.81. The van der Waals surface area contributed by atoms with Crippen LogP contribution in [-0.2, 0) is 19.8 Å². The Bertz CT molecular complexity index is 1490. The number of aromatic nitrogens is 4. The number of carbonyl (C=O) groups excluding carboxylic acids is 1. The van der Waals surface area contributed by atoms with Gasteiger partial charge in [0.1, 0.15) is 23.6 Å². The summed E-state index contributed by atoms with van der Waals surface area (Å²) in [5.41, 5.74) is 1.14. The molecule has 11 heteroatoms. The summed E-state index contributed by atoms with van der Waals surface area (Å²) >= 11 is 6.32. The van der Waals surface area contributed by atoms with Crippen molar-refractivity contribution in [3.05, 3.63) is 82.3 Å². The van der Waals surface area contributed by atoms with Crippen molar-refractivity contribution in [1.82, 2.24) is 19.7 Å². The molecule has 36 heavy (non-hydrogen) atoms. The molecule has 0 fully saturated rings. The van der Waals surface area contributed by atoms with Gasteiger partial charge < -0.3 is 9.47 Å². The van der Waals surface area contributed by atoms with Gasteiger partial charge in [0.2, 0.25) is 0 Å². The van der Waals surface area contributed by atoms with E-state index in [4.69, 9.17) is 11.6 Å². The smallest absolute Gasteiger partial charge is 0.355 e. The second kappa shape index (κ2) is 9.79. The number of alkyl halides is 3. The van der Waals surface area contributed by atoms with Gasteiger partial charge in [-0.1, -0.05) is 23.7 Å². The van der Waals surface area contributed by atoms with Gasteiger partial charge in [-0.15, -0.1) is 10.2 Å². The average molecular weight is 511 g/mol. The van der Waals surface area contributed by atoms with Crippen LogP contribution in [0.1, 0.15) is 27.0 Å². The lowest BCUT2D eigenvalue weighted by Crippen LogP contribution is -2.22. The van der Waals surface area contributed by atoms with Gasteiger partial charge in [-0.3, -0.25) is 4.79 Å². The molecule has 182 valence electrons. The number of aldehydes is 1. The van der Waals surface area contributed by atoms with Crippen molar-refractivity contribution >= 4 is 23.7 Å². The number of nitrogens with zero attached hydrogens (tertiary/aromatic N) is 6. The Morgan fingerprint density at radius 1 is 1.17 bits per heavy atom. The third-order valence-electron chi connectivity index (χ3n) is 5.62. The lowest BCUT2D eigenvalue weighted by molar-refractivity contribution is -0.138. The van der Waals surface area contributed by atoms with Gasteiger partial charge in [0.25, 0.3) is 0 Å². The standard InChI is InChI=1S/C25H18ClF3N6O/c1-34(12-20-16(13-36)4-3-5-21(20)25(27,28)29)23-10-17(9-22(26)32-23)19-8-15(11-30)6-7-18(19)24-33-31-14-35(24)2/h3-10,13-14H,12H2,1-2H3. The van der Waals surface area contributed by atoms with E-state index in [1.807, 2.05) is 0 Å². The number of hydrogen-bond acceptors (Lipinski definition) is 6. The molecule has 0 spiro atoms. The van der Waals surface area contributed by atoms with Crippen LogP contribution >= 0.6 is 11.6 Å². The zero-order chi connectivity index (χ0) is 26.0. The molecule has 0 radical (unpaired) electrons. The maximum absolute atomic E-state index is 13.6. The van der Waals surface area contributed by atoms with E-state index in [1.54, 1.807) is 55.3 Å². The number of carbonyl (C=O) groups is 1. The third kappa shape index (κ3) is 4.92. The summed E-state index contributed by atoms with van der Waals surface area (Å²) in [6, 6.07) is 13.9. The molecule has 0 amide bonds. The van der Waals surface area contributed by atoms with E-state index in [0.717, 1.165) is 6.07 Å². The van der Waals surface area contributed by atoms with E-state index >= 15 is 0 Å². The van der Waals surface area contributed by atoms with E-state index in [-0.39, 0.29) is 28.6 Å². The number of benzene rings is 2. The zero-order valence-corrected chi connectivity index (χ0v) is 19.8. The molecule has 2 aromatic heterocycles. The number of anilines is 1. The molecule has 0 bridgehead atoms. The predicted molar refractivity (Wildman–Crippen MR) is 128 cm³/mol. The number of hydrogen-bond donors (Lipinski definition) is 0. The van der Waals surface area contributed by atoms with E-state index in [2.05, 4.69) is 21.3 Å². The number of nitriles is 1. The van der Waals surface area contributed by atoms with E-state index in [1.165, 1.54) is 17.0 Å². The Morgan fingerprint density at radius 3 is 2.58 bits per heavy atom. The van der Waals surface area contributed by atoms with Crippen molar-refractivity contribution in [2.24, 2.45) is 7.05 Å². The highest BCUT2D eigenvalue weighted by atomic mass is 35.5. The summed E-state index contributed by atoms with van der Waals surface area (Å²) in [4.78, 5) is 17.2. The summed E-state index contributed by atoms with van der Waals surface area (Å²) < 4.78 is 42.6. The summed E-state index contributed by atoms with van der Waals surface area (Å²) in [5, 5.41) is 17.6. The van der Waals surface area contributed by atoms with Gasteiger partial charge in [0.15, 0.2) is 5.82 Å². The monoisotopic (exact) mass is 510 g/mol. The van der Waals surface area contributed by atoms with Crippen LogP contribution in [0.4, 0.5) is 19.0 Å². The fraction of sp³-hybridized carbons (Fsp3) is 0.160. The number of aryl methyl sites for hydroxylation is 1. The molecule has 0 aliphatic carbocycles. The number of rotatable bonds is 6. The fourth-order valence-corrected chi connectivity index (χ4v) is 4.09. The molecule has 7 nitrogen and oxygen atoms in total. The highest BCUT2D eigenvalue weighted by molar-refractivity contribution is 6.29. The largest absolute Gasteiger partial charge is 0.416 e. The molecule has 4 rings (SSSR count). The second-order valence-electron chi connectivity index (χ2n) is 8.02. The van der Waals surface area contributed by atoms with Gasteiger partial charge in [-0.25, -0.2) is 4.98 Å². The Hall–Kier alpha value is -4.23. The fourth-order valence-electron chi connectivity index (χ4n) is 3.88. The van der Waals surface area contributed by atoms with Crippen molar-refractivity contribution in [3.8, 4) is 28.6 Å². The summed E-state index contributed by atoms with van der Waals surface area (Å²) in [5.74, 6) is 0.824. The van der Waals surface area contributed by atoms with E-state index < -0.39 is 11.7 Å². The zero-order valence-electron chi connectivity index (χ0n) is 19.1. The van der Waals surface area contributed by atoms with Crippen LogP contribution in [0, 0.1) is 11.3 Å². The van der Waals surface area contributed by atoms with Crippen LogP contribution in [0.5, 0.6) is 0 Å². The van der Waals surface area contributed by atoms with Crippen LogP contribution < -0.4 is 4.90 Å². The normalized spacial score (nSPS) is 11.2. The molecule has 0 aliphatic rings. The Kier molecular flexibility index (Phi) is 6.77. The molecule has 2 aromatic carbocycles. The van der Waals surface area contributed by atoms with Gasteiger partial charge in [-0.2, -0.15) is 18.4 Å². The first kappa shape index (κ1) is 24.9. The van der Waals surface area contributed by atoms with Gasteiger partial charge in [-0.05, 0) is 53.1 Å². The molecule has 0 atom stereocenters. The Labute approximate surface area is 209 Å². The number of halogens is 4. The molecule has 4 aromatic rings. The van der Waals surface area contributed by atoms with Crippen molar-refractivity contribution in [3.63, 3.8) is 0 Å². The minimum absolute atomic E-state index is 0.0646. The lowest BCUT2D eigenvalue weighted by Gasteiger charge is -2.23. The number of pyridine rings is 1. The SMILES string of the molecule is CN(Cc1c(C=O)cccc1C(F)(F)F)c1cc(-c2cc(C#N)ccc2-c2nncn2C)cc(Cl)n1. The van der Waals surface area contributed by atoms with Crippen molar-refractivity contribution in [1.29, 1.82) is 5.26 Å². The first-order valence-electron chi connectivity index (χ1n) is 10.5. The highest BCUT2D eigenvalue weighted by Gasteiger charge is 2.34. The molecule has 0 unspecified atom stereocenters. The molecule has 0 N–H and O–H groups in total. The molecule has 0 saturated heterocycles. The van der Waals surface area contributed by atoms with Crippen LogP contribution in [0.25, 0.3) is 22.5 Å². The average Bonchev–Trinajstić information content (AvgIpc) is 3.28. The van der Waals surface area contributed by atoms with Gasteiger partial charge >= 0.3 is 6.18 Å². The van der Waals surface area contributed by atoms with Gasteiger partial charge in [0.05, 0.1) is 17.2 Å². The Morgan fingerprint density at radius 2 is 1.94 bits per heavy atom. The topological polar surface area (TPSA) is 87.7 Å². The first-order valence-corrected chi connectivity index (χ1v) is 10.9. The first-order chi connectivity index (χ1) is 17.1. The minimum atomic E-state index is -4.63. The van der Waals surface area contributed by atoms with Gasteiger partial charge in [0, 0.05) is 31.8 Å². The predicted octanol–water partition coefficient (Wildman–Crippen LogP) is 5.54. The quantitative estimate of drug-likeness (QED) is 0.250. The van der Waals surface area contributed by atoms with Crippen LogP contribution in [-0.4, -0.2) is 33.1 Å². The minimum Gasteiger partial charge on any atom is -0.355 e. The molecule has 0 aliphatic heterocycles. The molecular weight excluding hydrogens is 493 g/mol.